The highest BCUT2D eigenvalue weighted by atomic mass is 16.2. The molecule has 0 fully saturated rings. The minimum Gasteiger partial charge on any atom is -0.368 e. The summed E-state index contributed by atoms with van der Waals surface area (Å²) in [6, 6.07) is -1.20. The van der Waals surface area contributed by atoms with E-state index in [0.29, 0.717) is 6.42 Å². The average Bonchev–Trinajstić information content (AvgIpc) is 2.12. The van der Waals surface area contributed by atoms with Gasteiger partial charge in [0.25, 0.3) is 0 Å². The van der Waals surface area contributed by atoms with Crippen molar-refractivity contribution in [3.05, 3.63) is 0 Å². The van der Waals surface area contributed by atoms with Crippen molar-refractivity contribution in [3.8, 4) is 0 Å². The second kappa shape index (κ2) is 6.40. The zero-order valence-corrected chi connectivity index (χ0v) is 9.62. The molecular formula is C10H21N3O2. The van der Waals surface area contributed by atoms with Crippen LogP contribution in [0.2, 0.25) is 0 Å². The summed E-state index contributed by atoms with van der Waals surface area (Å²) < 4.78 is 0. The van der Waals surface area contributed by atoms with Crippen molar-refractivity contribution >= 4 is 11.8 Å². The third-order valence-electron chi connectivity index (χ3n) is 2.21. The molecule has 0 aliphatic heterocycles. The Labute approximate surface area is 90.6 Å². The van der Waals surface area contributed by atoms with Crippen molar-refractivity contribution in [1.82, 2.24) is 5.32 Å². The predicted octanol–water partition coefficient (Wildman–Crippen LogP) is -0.260. The molecule has 15 heavy (non-hydrogen) atoms. The summed E-state index contributed by atoms with van der Waals surface area (Å²) in [7, 11) is 0. The summed E-state index contributed by atoms with van der Waals surface area (Å²) in [5.41, 5.74) is 10.8. The first-order chi connectivity index (χ1) is 6.90. The van der Waals surface area contributed by atoms with Crippen LogP contribution in [0.25, 0.3) is 0 Å². The molecule has 5 nitrogen and oxygen atoms in total. The zero-order chi connectivity index (χ0) is 12.0. The average molecular weight is 215 g/mol. The van der Waals surface area contributed by atoms with Crippen LogP contribution < -0.4 is 16.8 Å². The van der Waals surface area contributed by atoms with E-state index in [-0.39, 0.29) is 11.8 Å². The van der Waals surface area contributed by atoms with Crippen molar-refractivity contribution in [3.63, 3.8) is 0 Å². The third-order valence-corrected chi connectivity index (χ3v) is 2.21. The minimum absolute atomic E-state index is 0.0275. The molecule has 0 spiro atoms. The van der Waals surface area contributed by atoms with Gasteiger partial charge in [-0.2, -0.15) is 0 Å². The number of rotatable bonds is 6. The van der Waals surface area contributed by atoms with Gasteiger partial charge in [-0.15, -0.1) is 0 Å². The molecule has 0 rings (SSSR count). The molecule has 0 aromatic carbocycles. The summed E-state index contributed by atoms with van der Waals surface area (Å²) in [4.78, 5) is 22.5. The first-order valence-corrected chi connectivity index (χ1v) is 5.25. The summed E-state index contributed by atoms with van der Waals surface area (Å²) in [5, 5.41) is 2.56. The Bertz CT molecular complexity index is 229. The molecule has 0 aliphatic carbocycles. The summed E-state index contributed by atoms with van der Waals surface area (Å²) >= 11 is 0. The fraction of sp³-hybridized carbons (Fsp3) is 0.800. The van der Waals surface area contributed by atoms with E-state index < -0.39 is 18.0 Å². The largest absolute Gasteiger partial charge is 0.368 e. The van der Waals surface area contributed by atoms with Crippen LogP contribution in [0.15, 0.2) is 0 Å². The minimum atomic E-state index is -0.639. The Morgan fingerprint density at radius 1 is 1.33 bits per heavy atom. The molecule has 0 saturated heterocycles. The summed E-state index contributed by atoms with van der Waals surface area (Å²) in [6.45, 7) is 5.59. The molecule has 0 bridgehead atoms. The van der Waals surface area contributed by atoms with Crippen molar-refractivity contribution in [2.75, 3.05) is 0 Å². The molecule has 0 heterocycles. The maximum Gasteiger partial charge on any atom is 0.240 e. The van der Waals surface area contributed by atoms with E-state index in [0.717, 1.165) is 6.42 Å². The van der Waals surface area contributed by atoms with Crippen LogP contribution >= 0.6 is 0 Å². The van der Waals surface area contributed by atoms with Gasteiger partial charge in [0.2, 0.25) is 11.8 Å². The molecule has 0 radical (unpaired) electrons. The van der Waals surface area contributed by atoms with Crippen LogP contribution in [0.5, 0.6) is 0 Å². The van der Waals surface area contributed by atoms with Crippen LogP contribution in [0.1, 0.15) is 33.6 Å². The lowest BCUT2D eigenvalue weighted by molar-refractivity contribution is -0.129. The lowest BCUT2D eigenvalue weighted by Gasteiger charge is -2.21. The maximum absolute atomic E-state index is 11.5. The Hall–Kier alpha value is -1.10. The van der Waals surface area contributed by atoms with E-state index in [1.807, 2.05) is 20.8 Å². The number of hydrogen-bond donors (Lipinski definition) is 3. The van der Waals surface area contributed by atoms with Gasteiger partial charge in [0.15, 0.2) is 0 Å². The number of carbonyl (C=O) groups excluding carboxylic acids is 2. The first kappa shape index (κ1) is 13.9. The van der Waals surface area contributed by atoms with Gasteiger partial charge in [-0.25, -0.2) is 0 Å². The van der Waals surface area contributed by atoms with Gasteiger partial charge in [-0.3, -0.25) is 9.59 Å². The summed E-state index contributed by atoms with van der Waals surface area (Å²) in [5.74, 6) is -0.864. The van der Waals surface area contributed by atoms with Gasteiger partial charge in [0, 0.05) is 0 Å². The SMILES string of the molecule is CCC[C@@H](N)C(=O)NC(C(N)=O)C(C)C. The lowest BCUT2D eigenvalue weighted by atomic mass is 10.0. The lowest BCUT2D eigenvalue weighted by Crippen LogP contribution is -2.52. The molecule has 2 amide bonds. The number of carbonyl (C=O) groups is 2. The van der Waals surface area contributed by atoms with Crippen LogP contribution in [-0.2, 0) is 9.59 Å². The quantitative estimate of drug-likeness (QED) is 0.569. The number of primary amides is 1. The first-order valence-electron chi connectivity index (χ1n) is 5.25. The molecule has 5 heteroatoms. The van der Waals surface area contributed by atoms with Crippen molar-refractivity contribution < 1.29 is 9.59 Å². The van der Waals surface area contributed by atoms with E-state index in [1.54, 1.807) is 0 Å². The highest BCUT2D eigenvalue weighted by Gasteiger charge is 2.23. The number of hydrogen-bond acceptors (Lipinski definition) is 3. The molecule has 5 N–H and O–H groups in total. The molecular weight excluding hydrogens is 194 g/mol. The Morgan fingerprint density at radius 2 is 1.87 bits per heavy atom. The highest BCUT2D eigenvalue weighted by Crippen LogP contribution is 2.02. The Balaban J connectivity index is 4.29. The standard InChI is InChI=1S/C10H21N3O2/c1-4-5-7(11)10(15)13-8(6(2)3)9(12)14/h6-8H,4-5,11H2,1-3H3,(H2,12,14)(H,13,15)/t7-,8?/m1/s1. The smallest absolute Gasteiger partial charge is 0.240 e. The third kappa shape index (κ3) is 4.78. The van der Waals surface area contributed by atoms with E-state index in [9.17, 15) is 9.59 Å². The molecule has 0 aromatic rings. The van der Waals surface area contributed by atoms with Crippen molar-refractivity contribution in [2.45, 2.75) is 45.7 Å². The van der Waals surface area contributed by atoms with E-state index in [4.69, 9.17) is 11.5 Å². The number of amides is 2. The molecule has 2 atom stereocenters. The van der Waals surface area contributed by atoms with E-state index >= 15 is 0 Å². The summed E-state index contributed by atoms with van der Waals surface area (Å²) in [6.07, 6.45) is 1.44. The molecule has 0 aliphatic rings. The zero-order valence-electron chi connectivity index (χ0n) is 9.62. The molecule has 88 valence electrons. The van der Waals surface area contributed by atoms with Gasteiger partial charge < -0.3 is 16.8 Å². The fourth-order valence-corrected chi connectivity index (χ4v) is 1.27. The highest BCUT2D eigenvalue weighted by molar-refractivity contribution is 5.88. The second-order valence-corrected chi connectivity index (χ2v) is 4.03. The van der Waals surface area contributed by atoms with Gasteiger partial charge >= 0.3 is 0 Å². The number of nitrogens with one attached hydrogen (secondary N) is 1. The van der Waals surface area contributed by atoms with Crippen LogP contribution in [0.3, 0.4) is 0 Å². The Morgan fingerprint density at radius 3 is 2.20 bits per heavy atom. The monoisotopic (exact) mass is 215 g/mol. The van der Waals surface area contributed by atoms with Gasteiger partial charge in [0.05, 0.1) is 6.04 Å². The predicted molar refractivity (Wildman–Crippen MR) is 58.8 cm³/mol. The maximum atomic E-state index is 11.5. The fourth-order valence-electron chi connectivity index (χ4n) is 1.27. The van der Waals surface area contributed by atoms with Gasteiger partial charge in [-0.1, -0.05) is 27.2 Å². The normalized spacial score (nSPS) is 14.7. The van der Waals surface area contributed by atoms with Crippen LogP contribution in [0, 0.1) is 5.92 Å². The number of nitrogens with two attached hydrogens (primary N) is 2. The van der Waals surface area contributed by atoms with Crippen molar-refractivity contribution in [2.24, 2.45) is 17.4 Å². The molecule has 0 aromatic heterocycles. The van der Waals surface area contributed by atoms with Gasteiger partial charge in [0.1, 0.15) is 6.04 Å². The van der Waals surface area contributed by atoms with Crippen LogP contribution in [0.4, 0.5) is 0 Å². The van der Waals surface area contributed by atoms with Gasteiger partial charge in [-0.05, 0) is 12.3 Å². The van der Waals surface area contributed by atoms with Crippen molar-refractivity contribution in [1.29, 1.82) is 0 Å². The molecule has 1 unspecified atom stereocenters. The topological polar surface area (TPSA) is 98.2 Å². The second-order valence-electron chi connectivity index (χ2n) is 4.03. The van der Waals surface area contributed by atoms with E-state index in [2.05, 4.69) is 5.32 Å². The molecule has 0 saturated carbocycles. The Kier molecular flexibility index (Phi) is 5.93. The van der Waals surface area contributed by atoms with Crippen LogP contribution in [-0.4, -0.2) is 23.9 Å². The van der Waals surface area contributed by atoms with E-state index in [1.165, 1.54) is 0 Å².